The maximum absolute atomic E-state index is 14.0. The number of benzene rings is 1. The van der Waals surface area contributed by atoms with Crippen LogP contribution in [0.2, 0.25) is 0 Å². The number of hydrogen-bond donors (Lipinski definition) is 2. The number of aromatic nitrogens is 5. The largest absolute Gasteiger partial charge is 0.382 e. The number of rotatable bonds is 4. The van der Waals surface area contributed by atoms with Gasteiger partial charge in [-0.3, -0.25) is 9.55 Å². The van der Waals surface area contributed by atoms with Gasteiger partial charge in [0.05, 0.1) is 29.0 Å². The van der Waals surface area contributed by atoms with Gasteiger partial charge >= 0.3 is 0 Å². The van der Waals surface area contributed by atoms with Gasteiger partial charge < -0.3 is 11.1 Å². The molecule has 3 heterocycles. The molecule has 0 saturated heterocycles. The summed E-state index contributed by atoms with van der Waals surface area (Å²) in [6.07, 6.45) is 4.72. The van der Waals surface area contributed by atoms with Gasteiger partial charge in [0.1, 0.15) is 41.2 Å². The van der Waals surface area contributed by atoms with Gasteiger partial charge in [-0.1, -0.05) is 0 Å². The second-order valence-electron chi connectivity index (χ2n) is 6.62. The fourth-order valence-corrected chi connectivity index (χ4v) is 3.18. The summed E-state index contributed by atoms with van der Waals surface area (Å²) in [7, 11) is 0. The molecule has 0 spiro atoms. The highest BCUT2D eigenvalue weighted by atomic mass is 19.1. The number of nitrogens with one attached hydrogen (secondary N) is 1. The third-order valence-corrected chi connectivity index (χ3v) is 4.49. The Bertz CT molecular complexity index is 1260. The number of pyridine rings is 1. The summed E-state index contributed by atoms with van der Waals surface area (Å²) >= 11 is 0. The Labute approximate surface area is 165 Å². The topological polar surface area (TPSA) is 118 Å². The van der Waals surface area contributed by atoms with Gasteiger partial charge in [0, 0.05) is 12.3 Å². The van der Waals surface area contributed by atoms with Crippen LogP contribution in [0.1, 0.15) is 29.9 Å². The van der Waals surface area contributed by atoms with Crippen LogP contribution in [0.15, 0.2) is 43.0 Å². The Balaban J connectivity index is 1.87. The number of nitriles is 1. The Kier molecular flexibility index (Phi) is 4.52. The van der Waals surface area contributed by atoms with Gasteiger partial charge in [0.25, 0.3) is 0 Å². The van der Waals surface area contributed by atoms with Crippen LogP contribution in [0.3, 0.4) is 0 Å². The van der Waals surface area contributed by atoms with Crippen molar-refractivity contribution in [3.05, 3.63) is 65.8 Å². The molecule has 0 aliphatic carbocycles. The number of halogens is 1. The number of fused-ring (bicyclic) bond motifs is 1. The summed E-state index contributed by atoms with van der Waals surface area (Å²) in [5, 5.41) is 12.5. The summed E-state index contributed by atoms with van der Waals surface area (Å²) in [5.41, 5.74) is 8.90. The van der Waals surface area contributed by atoms with E-state index in [1.165, 1.54) is 18.5 Å². The Morgan fingerprint density at radius 2 is 2.07 bits per heavy atom. The number of nitrogen functional groups attached to an aromatic ring is 1. The molecule has 0 amide bonds. The molecule has 0 unspecified atom stereocenters. The number of nitrogens with two attached hydrogens (primary N) is 1. The van der Waals surface area contributed by atoms with Crippen molar-refractivity contribution in [1.29, 1.82) is 5.26 Å². The van der Waals surface area contributed by atoms with Crippen LogP contribution in [0.5, 0.6) is 0 Å². The summed E-state index contributed by atoms with van der Waals surface area (Å²) in [6, 6.07) is 8.00. The fraction of sp³-hybridized carbons (Fsp3) is 0.150. The molecule has 144 valence electrons. The van der Waals surface area contributed by atoms with Crippen LogP contribution < -0.4 is 11.1 Å². The van der Waals surface area contributed by atoms with Crippen molar-refractivity contribution in [3.63, 3.8) is 0 Å². The summed E-state index contributed by atoms with van der Waals surface area (Å²) < 4.78 is 15.8. The first-order chi connectivity index (χ1) is 14.0. The zero-order valence-electron chi connectivity index (χ0n) is 15.8. The summed E-state index contributed by atoms with van der Waals surface area (Å²) in [6.45, 7) is 3.80. The molecule has 4 aromatic rings. The number of anilines is 2. The third kappa shape index (κ3) is 3.32. The molecule has 4 rings (SSSR count). The predicted molar refractivity (Wildman–Crippen MR) is 107 cm³/mol. The first-order valence-corrected chi connectivity index (χ1v) is 8.85. The molecule has 29 heavy (non-hydrogen) atoms. The average Bonchev–Trinajstić information content (AvgIpc) is 3.07. The van der Waals surface area contributed by atoms with E-state index < -0.39 is 0 Å². The van der Waals surface area contributed by atoms with Gasteiger partial charge in [0.15, 0.2) is 0 Å². The second kappa shape index (κ2) is 7.16. The highest BCUT2D eigenvalue weighted by molar-refractivity contribution is 5.78. The number of imidazole rings is 1. The molecule has 1 atom stereocenters. The molecule has 3 N–H and O–H groups in total. The Morgan fingerprint density at radius 3 is 2.83 bits per heavy atom. The lowest BCUT2D eigenvalue weighted by molar-refractivity contribution is 0.629. The molecule has 0 radical (unpaired) electrons. The van der Waals surface area contributed by atoms with Gasteiger partial charge in [-0.2, -0.15) is 5.26 Å². The van der Waals surface area contributed by atoms with Gasteiger partial charge in [-0.05, 0) is 37.6 Å². The SMILES string of the molecule is Cc1cncc(-n2c([C@@H](C)Nc3ncnc(N)c3C#N)nc3ccc(F)cc32)c1. The molecular formula is C20H17FN8. The van der Waals surface area contributed by atoms with E-state index in [9.17, 15) is 9.65 Å². The minimum atomic E-state index is -0.382. The quantitative estimate of drug-likeness (QED) is 0.551. The molecule has 0 aliphatic rings. The van der Waals surface area contributed by atoms with E-state index >= 15 is 0 Å². The number of nitrogens with zero attached hydrogens (tertiary/aromatic N) is 6. The molecule has 9 heteroatoms. The van der Waals surface area contributed by atoms with Crippen LogP contribution in [0.25, 0.3) is 16.7 Å². The van der Waals surface area contributed by atoms with E-state index in [0.29, 0.717) is 22.7 Å². The van der Waals surface area contributed by atoms with Crippen molar-refractivity contribution in [3.8, 4) is 11.8 Å². The van der Waals surface area contributed by atoms with Crippen LogP contribution in [-0.4, -0.2) is 24.5 Å². The molecule has 0 bridgehead atoms. The van der Waals surface area contributed by atoms with E-state index in [1.54, 1.807) is 18.5 Å². The minimum absolute atomic E-state index is 0.0932. The van der Waals surface area contributed by atoms with Crippen molar-refractivity contribution in [2.45, 2.75) is 19.9 Å². The van der Waals surface area contributed by atoms with Gasteiger partial charge in [0.2, 0.25) is 0 Å². The molecule has 0 aliphatic heterocycles. The lowest BCUT2D eigenvalue weighted by Gasteiger charge is -2.17. The van der Waals surface area contributed by atoms with E-state index in [-0.39, 0.29) is 23.2 Å². The number of aryl methyl sites for hydroxylation is 1. The van der Waals surface area contributed by atoms with Crippen molar-refractivity contribution < 1.29 is 4.39 Å². The molecule has 1 aromatic carbocycles. The fourth-order valence-electron chi connectivity index (χ4n) is 3.18. The van der Waals surface area contributed by atoms with E-state index in [2.05, 4.69) is 25.3 Å². The maximum Gasteiger partial charge on any atom is 0.150 e. The smallest absolute Gasteiger partial charge is 0.150 e. The van der Waals surface area contributed by atoms with E-state index in [1.807, 2.05) is 30.6 Å². The predicted octanol–water partition coefficient (Wildman–Crippen LogP) is 3.29. The molecule has 0 fully saturated rings. The third-order valence-electron chi connectivity index (χ3n) is 4.49. The lowest BCUT2D eigenvalue weighted by atomic mass is 10.2. The maximum atomic E-state index is 14.0. The normalized spacial score (nSPS) is 11.9. The molecule has 8 nitrogen and oxygen atoms in total. The standard InChI is InChI=1S/C20H17FN8/c1-11-5-14(9-24-8-11)29-17-6-13(21)3-4-16(17)28-20(29)12(2)27-19-15(7-22)18(23)25-10-26-19/h3-6,8-10,12H,1-2H3,(H3,23,25,26,27)/t12-/m1/s1. The van der Waals surface area contributed by atoms with Crippen molar-refractivity contribution in [2.24, 2.45) is 0 Å². The zero-order valence-corrected chi connectivity index (χ0v) is 15.8. The van der Waals surface area contributed by atoms with E-state index in [0.717, 1.165) is 11.3 Å². The second-order valence-corrected chi connectivity index (χ2v) is 6.62. The van der Waals surface area contributed by atoms with Crippen molar-refractivity contribution in [2.75, 3.05) is 11.1 Å². The first-order valence-electron chi connectivity index (χ1n) is 8.85. The molecule has 0 saturated carbocycles. The molecule has 3 aromatic heterocycles. The van der Waals surface area contributed by atoms with Crippen LogP contribution >= 0.6 is 0 Å². The van der Waals surface area contributed by atoms with Crippen molar-refractivity contribution >= 4 is 22.7 Å². The monoisotopic (exact) mass is 388 g/mol. The van der Waals surface area contributed by atoms with Gasteiger partial charge in [-0.15, -0.1) is 0 Å². The lowest BCUT2D eigenvalue weighted by Crippen LogP contribution is -2.15. The first kappa shape index (κ1) is 18.3. The Hall–Kier alpha value is -4.06. The summed E-state index contributed by atoms with van der Waals surface area (Å²) in [5.74, 6) is 0.649. The van der Waals surface area contributed by atoms with Crippen molar-refractivity contribution in [1.82, 2.24) is 24.5 Å². The van der Waals surface area contributed by atoms with E-state index in [4.69, 9.17) is 5.73 Å². The highest BCUT2D eigenvalue weighted by Crippen LogP contribution is 2.28. The zero-order chi connectivity index (χ0) is 20.5. The van der Waals surface area contributed by atoms with Crippen LogP contribution in [-0.2, 0) is 0 Å². The highest BCUT2D eigenvalue weighted by Gasteiger charge is 2.21. The van der Waals surface area contributed by atoms with Crippen LogP contribution in [0.4, 0.5) is 16.0 Å². The summed E-state index contributed by atoms with van der Waals surface area (Å²) in [4.78, 5) is 16.9. The van der Waals surface area contributed by atoms with Crippen LogP contribution in [0, 0.1) is 24.1 Å². The number of hydrogen-bond acceptors (Lipinski definition) is 7. The Morgan fingerprint density at radius 1 is 1.24 bits per heavy atom. The average molecular weight is 388 g/mol. The minimum Gasteiger partial charge on any atom is -0.382 e. The van der Waals surface area contributed by atoms with Gasteiger partial charge in [-0.25, -0.2) is 19.3 Å². The molecular weight excluding hydrogens is 371 g/mol.